The number of benzene rings is 8. The second-order valence-electron chi connectivity index (χ2n) is 13.7. The molecule has 5 heteroatoms. The fourth-order valence-corrected chi connectivity index (χ4v) is 8.24. The third-order valence-electron chi connectivity index (χ3n) is 10.7. The van der Waals surface area contributed by atoms with Crippen LogP contribution in [0.25, 0.3) is 11.1 Å². The Kier molecular flexibility index (Phi) is 8.99. The van der Waals surface area contributed by atoms with Crippen LogP contribution >= 0.6 is 0 Å². The minimum absolute atomic E-state index is 0.487. The molecule has 0 spiro atoms. The van der Waals surface area contributed by atoms with Crippen LogP contribution < -0.4 is 19.3 Å². The fraction of sp³-hybridized carbons (Fsp3) is 0.0392. The number of nitrogens with zero attached hydrogens (tertiary/aromatic N) is 3. The van der Waals surface area contributed by atoms with E-state index in [2.05, 4.69) is 168 Å². The molecule has 0 radical (unpaired) electrons. The Bertz CT molecular complexity index is 2430. The number of anilines is 6. The third kappa shape index (κ3) is 5.91. The number of para-hydroxylation sites is 4. The normalized spacial score (nSPS) is 12.1. The molecule has 9 rings (SSSR count). The lowest BCUT2D eigenvalue weighted by Crippen LogP contribution is -2.29. The zero-order valence-electron chi connectivity index (χ0n) is 30.8. The first kappa shape index (κ1) is 34.2. The summed E-state index contributed by atoms with van der Waals surface area (Å²) in [5.41, 5.74) is 12.2. The van der Waals surface area contributed by atoms with Crippen molar-refractivity contribution < 1.29 is 9.47 Å². The van der Waals surface area contributed by atoms with E-state index in [0.717, 1.165) is 73.3 Å². The van der Waals surface area contributed by atoms with Gasteiger partial charge in [-0.2, -0.15) is 0 Å². The van der Waals surface area contributed by atoms with Crippen LogP contribution in [0.1, 0.15) is 22.3 Å². The van der Waals surface area contributed by atoms with Crippen molar-refractivity contribution in [2.24, 2.45) is 0 Å². The third-order valence-corrected chi connectivity index (χ3v) is 10.7. The van der Waals surface area contributed by atoms with E-state index in [9.17, 15) is 5.26 Å². The van der Waals surface area contributed by atoms with Crippen molar-refractivity contribution in [3.05, 3.63) is 229 Å². The molecule has 0 bridgehead atoms. The maximum absolute atomic E-state index is 9.39. The van der Waals surface area contributed by atoms with Crippen LogP contribution in [0.3, 0.4) is 0 Å². The van der Waals surface area contributed by atoms with Gasteiger partial charge in [-0.3, -0.25) is 0 Å². The standard InChI is InChI=1S/C51H37N3O2/c1-55-45-28-22-37(23-29-45)51(38-24-30-46(31-25-38)56-36-52)49-34-43(53(39-14-6-2-7-15-39)40-16-8-3-9-17-40)26-32-47(49)48-33-27-44(35-50(48)51)54(41-18-10-4-11-19-41)42-20-12-5-13-21-42/h2-35H,1H3. The summed E-state index contributed by atoms with van der Waals surface area (Å²) in [6.45, 7) is 0. The number of hydrogen-bond donors (Lipinski definition) is 0. The highest BCUT2D eigenvalue weighted by molar-refractivity contribution is 5.92. The Labute approximate surface area is 327 Å². The average molecular weight is 724 g/mol. The first-order valence-electron chi connectivity index (χ1n) is 18.6. The molecule has 0 unspecified atom stereocenters. The zero-order valence-corrected chi connectivity index (χ0v) is 30.8. The molecule has 0 saturated heterocycles. The molecule has 0 aliphatic heterocycles. The highest BCUT2D eigenvalue weighted by Crippen LogP contribution is 2.58. The first-order valence-corrected chi connectivity index (χ1v) is 18.6. The molecule has 1 aliphatic rings. The molecule has 268 valence electrons. The number of methoxy groups -OCH3 is 1. The van der Waals surface area contributed by atoms with Crippen LogP contribution in [0.2, 0.25) is 0 Å². The van der Waals surface area contributed by atoms with E-state index in [1.165, 1.54) is 0 Å². The predicted molar refractivity (Wildman–Crippen MR) is 226 cm³/mol. The van der Waals surface area contributed by atoms with Crippen molar-refractivity contribution in [3.8, 4) is 28.9 Å². The molecule has 0 N–H and O–H groups in total. The number of rotatable bonds is 10. The van der Waals surface area contributed by atoms with Crippen molar-refractivity contribution in [1.82, 2.24) is 0 Å². The van der Waals surface area contributed by atoms with Crippen LogP contribution in [-0.2, 0) is 5.41 Å². The van der Waals surface area contributed by atoms with Crippen molar-refractivity contribution in [1.29, 1.82) is 5.26 Å². The zero-order chi connectivity index (χ0) is 37.9. The second kappa shape index (κ2) is 14.7. The van der Waals surface area contributed by atoms with E-state index in [0.29, 0.717) is 5.75 Å². The molecular weight excluding hydrogens is 687 g/mol. The Morgan fingerprint density at radius 2 is 0.768 bits per heavy atom. The molecule has 0 fully saturated rings. The summed E-state index contributed by atoms with van der Waals surface area (Å²) < 4.78 is 11.0. The highest BCUT2D eigenvalue weighted by Gasteiger charge is 2.47. The fourth-order valence-electron chi connectivity index (χ4n) is 8.24. The van der Waals surface area contributed by atoms with Gasteiger partial charge < -0.3 is 19.3 Å². The summed E-state index contributed by atoms with van der Waals surface area (Å²) in [6.07, 6.45) is 1.84. The van der Waals surface area contributed by atoms with Crippen LogP contribution in [-0.4, -0.2) is 7.11 Å². The molecule has 8 aromatic carbocycles. The summed E-state index contributed by atoms with van der Waals surface area (Å²) >= 11 is 0. The van der Waals surface area contributed by atoms with Gasteiger partial charge in [0.25, 0.3) is 6.26 Å². The number of ether oxygens (including phenoxy) is 2. The molecule has 1 aliphatic carbocycles. The Morgan fingerprint density at radius 1 is 0.411 bits per heavy atom. The van der Waals surface area contributed by atoms with E-state index in [4.69, 9.17) is 9.47 Å². The lowest BCUT2D eigenvalue weighted by molar-refractivity contribution is 0.414. The van der Waals surface area contributed by atoms with Gasteiger partial charge >= 0.3 is 0 Å². The molecule has 0 heterocycles. The van der Waals surface area contributed by atoms with Crippen LogP contribution in [0.15, 0.2) is 206 Å². The molecular formula is C51H37N3O2. The molecule has 0 amide bonds. The molecule has 5 nitrogen and oxygen atoms in total. The molecule has 0 aromatic heterocycles. The lowest BCUT2D eigenvalue weighted by Gasteiger charge is -2.36. The molecule has 8 aromatic rings. The quantitative estimate of drug-likeness (QED) is 0.132. The topological polar surface area (TPSA) is 48.7 Å². The van der Waals surface area contributed by atoms with E-state index < -0.39 is 5.41 Å². The van der Waals surface area contributed by atoms with Crippen LogP contribution in [0.5, 0.6) is 11.5 Å². The van der Waals surface area contributed by atoms with Crippen LogP contribution in [0.4, 0.5) is 34.1 Å². The monoisotopic (exact) mass is 723 g/mol. The Balaban J connectivity index is 1.35. The number of nitriles is 1. The number of fused-ring (bicyclic) bond motifs is 3. The summed E-state index contributed by atoms with van der Waals surface area (Å²) in [5.74, 6) is 1.27. The van der Waals surface area contributed by atoms with Crippen molar-refractivity contribution in [3.63, 3.8) is 0 Å². The van der Waals surface area contributed by atoms with Gasteiger partial charge in [0.15, 0.2) is 0 Å². The first-order chi connectivity index (χ1) is 27.7. The van der Waals surface area contributed by atoms with Gasteiger partial charge in [0.1, 0.15) is 11.5 Å². The van der Waals surface area contributed by atoms with Crippen molar-refractivity contribution in [2.75, 3.05) is 16.9 Å². The summed E-state index contributed by atoms with van der Waals surface area (Å²) in [4.78, 5) is 4.62. The molecule has 0 atom stereocenters. The van der Waals surface area contributed by atoms with Gasteiger partial charge in [0.2, 0.25) is 0 Å². The Hall–Kier alpha value is -7.55. The highest BCUT2D eigenvalue weighted by atomic mass is 16.5. The summed E-state index contributed by atoms with van der Waals surface area (Å²) in [5, 5.41) is 9.39. The predicted octanol–water partition coefficient (Wildman–Crippen LogP) is 12.9. The largest absolute Gasteiger partial charge is 0.497 e. The van der Waals surface area contributed by atoms with E-state index in [-0.39, 0.29) is 0 Å². The van der Waals surface area contributed by atoms with Crippen LogP contribution in [0, 0.1) is 11.5 Å². The van der Waals surface area contributed by atoms with Crippen molar-refractivity contribution in [2.45, 2.75) is 5.41 Å². The SMILES string of the molecule is COc1ccc(C2(c3ccc(OC#N)cc3)c3cc(N(c4ccccc4)c4ccccc4)ccc3-c3ccc(N(c4ccccc4)c4ccccc4)cc32)cc1. The van der Waals surface area contributed by atoms with E-state index >= 15 is 0 Å². The minimum Gasteiger partial charge on any atom is -0.497 e. The Morgan fingerprint density at radius 3 is 1.11 bits per heavy atom. The van der Waals surface area contributed by atoms with Gasteiger partial charge in [-0.25, -0.2) is 0 Å². The maximum atomic E-state index is 9.39. The minimum atomic E-state index is -0.785. The van der Waals surface area contributed by atoms with Gasteiger partial charge in [0, 0.05) is 34.1 Å². The lowest BCUT2D eigenvalue weighted by atomic mass is 9.67. The van der Waals surface area contributed by atoms with Crippen molar-refractivity contribution >= 4 is 34.1 Å². The number of hydrogen-bond acceptors (Lipinski definition) is 5. The maximum Gasteiger partial charge on any atom is 0.292 e. The molecule has 0 saturated carbocycles. The van der Waals surface area contributed by atoms with Gasteiger partial charge in [-0.1, -0.05) is 109 Å². The van der Waals surface area contributed by atoms with Gasteiger partial charge in [-0.15, -0.1) is 5.26 Å². The molecule has 56 heavy (non-hydrogen) atoms. The van der Waals surface area contributed by atoms with Gasteiger partial charge in [-0.05, 0) is 130 Å². The summed E-state index contributed by atoms with van der Waals surface area (Å²) in [7, 11) is 1.70. The summed E-state index contributed by atoms with van der Waals surface area (Å²) in [6, 6.07) is 72.1. The van der Waals surface area contributed by atoms with E-state index in [1.807, 2.05) is 54.8 Å². The van der Waals surface area contributed by atoms with E-state index in [1.54, 1.807) is 7.11 Å². The average Bonchev–Trinajstić information content (AvgIpc) is 3.55. The van der Waals surface area contributed by atoms with Gasteiger partial charge in [0.05, 0.1) is 12.5 Å². The second-order valence-corrected chi connectivity index (χ2v) is 13.7. The smallest absolute Gasteiger partial charge is 0.292 e.